The summed E-state index contributed by atoms with van der Waals surface area (Å²) in [6.45, 7) is 0.849. The van der Waals surface area contributed by atoms with Gasteiger partial charge >= 0.3 is 0 Å². The summed E-state index contributed by atoms with van der Waals surface area (Å²) in [5.74, 6) is -1.06. The summed E-state index contributed by atoms with van der Waals surface area (Å²) < 4.78 is 38.0. The van der Waals surface area contributed by atoms with Crippen LogP contribution >= 0.6 is 0 Å². The van der Waals surface area contributed by atoms with Crippen LogP contribution in [0.15, 0.2) is 48.8 Å². The number of halogens is 2. The Morgan fingerprint density at radius 1 is 1.21 bits per heavy atom. The highest BCUT2D eigenvalue weighted by Gasteiger charge is 2.25. The third kappa shape index (κ3) is 5.23. The van der Waals surface area contributed by atoms with Gasteiger partial charge in [-0.05, 0) is 35.9 Å². The van der Waals surface area contributed by atoms with E-state index in [1.807, 2.05) is 4.90 Å². The molecule has 8 nitrogen and oxygen atoms in total. The van der Waals surface area contributed by atoms with Crippen molar-refractivity contribution in [2.45, 2.75) is 25.6 Å². The number of carbonyl (C=O) groups excluding carboxylic acids is 1. The zero-order valence-electron chi connectivity index (χ0n) is 18.5. The van der Waals surface area contributed by atoms with Gasteiger partial charge < -0.3 is 24.8 Å². The normalized spacial score (nSPS) is 14.1. The molecule has 1 aromatic carbocycles. The van der Waals surface area contributed by atoms with Crippen molar-refractivity contribution in [1.29, 1.82) is 0 Å². The molecule has 1 aliphatic heterocycles. The molecule has 2 aromatic heterocycles. The second kappa shape index (κ2) is 10.4. The van der Waals surface area contributed by atoms with Crippen molar-refractivity contribution in [1.82, 2.24) is 9.97 Å². The first kappa shape index (κ1) is 23.4. The predicted molar refractivity (Wildman–Crippen MR) is 121 cm³/mol. The number of rotatable bonds is 7. The van der Waals surface area contributed by atoms with E-state index >= 15 is 0 Å². The smallest absolute Gasteiger partial charge is 0.261 e. The van der Waals surface area contributed by atoms with Crippen LogP contribution in [0.25, 0.3) is 0 Å². The summed E-state index contributed by atoms with van der Waals surface area (Å²) in [5, 5.41) is 12.4. The average Bonchev–Trinajstić information content (AvgIpc) is 2.86. The minimum absolute atomic E-state index is 0.0173. The molecular weight excluding hydrogens is 446 g/mol. The molecule has 3 heterocycles. The average molecular weight is 470 g/mol. The van der Waals surface area contributed by atoms with Crippen molar-refractivity contribution in [3.05, 3.63) is 71.6 Å². The number of hydrogen-bond donors (Lipinski definition) is 2. The first-order chi connectivity index (χ1) is 16.5. The van der Waals surface area contributed by atoms with Gasteiger partial charge in [0.2, 0.25) is 5.88 Å². The molecule has 3 aromatic rings. The molecule has 4 rings (SSSR count). The Morgan fingerprint density at radius 3 is 2.71 bits per heavy atom. The predicted octanol–water partition coefficient (Wildman–Crippen LogP) is 3.56. The fourth-order valence-corrected chi connectivity index (χ4v) is 3.78. The molecule has 10 heteroatoms. The van der Waals surface area contributed by atoms with Crippen molar-refractivity contribution < 1.29 is 28.2 Å². The molecule has 1 saturated heterocycles. The van der Waals surface area contributed by atoms with E-state index in [9.17, 15) is 18.7 Å². The number of amides is 1. The van der Waals surface area contributed by atoms with Crippen molar-refractivity contribution in [2.75, 3.05) is 30.4 Å². The van der Waals surface area contributed by atoms with Gasteiger partial charge in [0, 0.05) is 44.4 Å². The van der Waals surface area contributed by atoms with Gasteiger partial charge in [0.05, 0.1) is 19.4 Å². The summed E-state index contributed by atoms with van der Waals surface area (Å²) >= 11 is 0. The maximum absolute atomic E-state index is 13.9. The van der Waals surface area contributed by atoms with Crippen LogP contribution in [0.1, 0.15) is 28.8 Å². The van der Waals surface area contributed by atoms with E-state index < -0.39 is 17.5 Å². The fraction of sp³-hybridized carbons (Fsp3) is 0.292. The second-order valence-corrected chi connectivity index (χ2v) is 7.77. The van der Waals surface area contributed by atoms with E-state index in [1.165, 1.54) is 19.4 Å². The number of aliphatic hydroxyl groups is 1. The minimum Gasteiger partial charge on any atom is -0.487 e. The topological polar surface area (TPSA) is 96.8 Å². The summed E-state index contributed by atoms with van der Waals surface area (Å²) in [5.41, 5.74) is 1.24. The number of methoxy groups -OCH3 is 1. The molecule has 1 amide bonds. The number of hydrogen-bond acceptors (Lipinski definition) is 7. The number of nitrogens with one attached hydrogen (secondary N) is 1. The molecule has 0 unspecified atom stereocenters. The standard InChI is InChI=1S/C24H24F2N4O4/c1-33-24-18(3-2-8-27-24)23(32)29-20-11-15(14-31)13-28-22(20)30-9-6-17(7-10-30)34-21-5-4-16(25)12-19(21)26/h2-5,8,11-13,17,31H,6-7,9-10,14H2,1H3,(H,29,32). The number of nitrogens with zero attached hydrogens (tertiary/aromatic N) is 3. The zero-order chi connectivity index (χ0) is 24.1. The molecule has 0 spiro atoms. The Hall–Kier alpha value is -3.79. The molecule has 1 aliphatic rings. The van der Waals surface area contributed by atoms with Crippen molar-refractivity contribution >= 4 is 17.4 Å². The van der Waals surface area contributed by atoms with Crippen molar-refractivity contribution in [3.63, 3.8) is 0 Å². The molecular formula is C24H24F2N4O4. The highest BCUT2D eigenvalue weighted by Crippen LogP contribution is 2.30. The number of pyridine rings is 2. The highest BCUT2D eigenvalue weighted by molar-refractivity contribution is 6.07. The Balaban J connectivity index is 1.48. The lowest BCUT2D eigenvalue weighted by Crippen LogP contribution is -2.39. The SMILES string of the molecule is COc1ncccc1C(=O)Nc1cc(CO)cnc1N1CCC(Oc2ccc(F)cc2F)CC1. The van der Waals surface area contributed by atoms with E-state index in [2.05, 4.69) is 15.3 Å². The van der Waals surface area contributed by atoms with E-state index in [4.69, 9.17) is 9.47 Å². The van der Waals surface area contributed by atoms with Gasteiger partial charge in [0.1, 0.15) is 17.5 Å². The Bertz CT molecular complexity index is 1170. The number of aliphatic hydroxyl groups excluding tert-OH is 1. The maximum atomic E-state index is 13.9. The lowest BCUT2D eigenvalue weighted by atomic mass is 10.1. The Kier molecular flexibility index (Phi) is 7.17. The molecule has 0 radical (unpaired) electrons. The molecule has 0 saturated carbocycles. The van der Waals surface area contributed by atoms with Crippen LogP contribution in [-0.2, 0) is 6.61 Å². The van der Waals surface area contributed by atoms with Crippen LogP contribution in [-0.4, -0.2) is 47.3 Å². The highest BCUT2D eigenvalue weighted by atomic mass is 19.1. The van der Waals surface area contributed by atoms with E-state index in [0.717, 1.165) is 12.1 Å². The molecule has 0 atom stereocenters. The number of carbonyl (C=O) groups is 1. The van der Waals surface area contributed by atoms with Gasteiger partial charge in [-0.25, -0.2) is 18.7 Å². The van der Waals surface area contributed by atoms with Crippen LogP contribution in [0.5, 0.6) is 11.6 Å². The monoisotopic (exact) mass is 470 g/mol. The summed E-state index contributed by atoms with van der Waals surface area (Å²) in [4.78, 5) is 23.4. The van der Waals surface area contributed by atoms with Gasteiger partial charge in [0.25, 0.3) is 5.91 Å². The van der Waals surface area contributed by atoms with Crippen LogP contribution < -0.4 is 19.7 Å². The quantitative estimate of drug-likeness (QED) is 0.545. The third-order valence-electron chi connectivity index (χ3n) is 5.49. The number of anilines is 2. The van der Waals surface area contributed by atoms with Gasteiger partial charge in [-0.15, -0.1) is 0 Å². The molecule has 34 heavy (non-hydrogen) atoms. The lowest BCUT2D eigenvalue weighted by Gasteiger charge is -2.34. The first-order valence-corrected chi connectivity index (χ1v) is 10.7. The van der Waals surface area contributed by atoms with Gasteiger partial charge in [-0.2, -0.15) is 0 Å². The summed E-state index contributed by atoms with van der Waals surface area (Å²) in [6.07, 6.45) is 3.98. The number of benzene rings is 1. The summed E-state index contributed by atoms with van der Waals surface area (Å²) in [6, 6.07) is 8.14. The Labute approximate surface area is 195 Å². The summed E-state index contributed by atoms with van der Waals surface area (Å²) in [7, 11) is 1.43. The van der Waals surface area contributed by atoms with Crippen molar-refractivity contribution in [2.24, 2.45) is 0 Å². The fourth-order valence-electron chi connectivity index (χ4n) is 3.78. The lowest BCUT2D eigenvalue weighted by molar-refractivity contribution is 0.102. The van der Waals surface area contributed by atoms with Crippen LogP contribution in [0, 0.1) is 11.6 Å². The van der Waals surface area contributed by atoms with Crippen LogP contribution in [0.3, 0.4) is 0 Å². The molecule has 178 valence electrons. The maximum Gasteiger partial charge on any atom is 0.261 e. The van der Waals surface area contributed by atoms with Crippen LogP contribution in [0.2, 0.25) is 0 Å². The Morgan fingerprint density at radius 2 is 2.00 bits per heavy atom. The van der Waals surface area contributed by atoms with E-state index in [0.29, 0.717) is 43.0 Å². The molecule has 0 aliphatic carbocycles. The van der Waals surface area contributed by atoms with Gasteiger partial charge in [-0.1, -0.05) is 0 Å². The van der Waals surface area contributed by atoms with Crippen LogP contribution in [0.4, 0.5) is 20.3 Å². The van der Waals surface area contributed by atoms with Gasteiger partial charge in [-0.3, -0.25) is 4.79 Å². The number of piperidine rings is 1. The molecule has 2 N–H and O–H groups in total. The minimum atomic E-state index is -0.737. The molecule has 0 bridgehead atoms. The first-order valence-electron chi connectivity index (χ1n) is 10.7. The third-order valence-corrected chi connectivity index (χ3v) is 5.49. The van der Waals surface area contributed by atoms with Crippen molar-refractivity contribution in [3.8, 4) is 11.6 Å². The number of aromatic nitrogens is 2. The van der Waals surface area contributed by atoms with E-state index in [1.54, 1.807) is 24.4 Å². The largest absolute Gasteiger partial charge is 0.487 e. The van der Waals surface area contributed by atoms with Gasteiger partial charge in [0.15, 0.2) is 17.4 Å². The van der Waals surface area contributed by atoms with E-state index in [-0.39, 0.29) is 29.9 Å². The molecule has 1 fully saturated rings. The zero-order valence-corrected chi connectivity index (χ0v) is 18.5. The second-order valence-electron chi connectivity index (χ2n) is 7.77. The number of ether oxygens (including phenoxy) is 2.